The molecule has 0 saturated carbocycles. The summed E-state index contributed by atoms with van der Waals surface area (Å²) in [5, 5.41) is 0. The summed E-state index contributed by atoms with van der Waals surface area (Å²) in [4.78, 5) is 15.2. The SMILES string of the molecule is CC(C)Cc1nc(N)nc(N2CCCCC2)n1. The van der Waals surface area contributed by atoms with Crippen molar-refractivity contribution in [2.24, 2.45) is 5.92 Å². The highest BCUT2D eigenvalue weighted by Crippen LogP contribution is 2.17. The van der Waals surface area contributed by atoms with E-state index in [1.165, 1.54) is 19.3 Å². The molecule has 1 aromatic rings. The Morgan fingerprint density at radius 1 is 1.12 bits per heavy atom. The van der Waals surface area contributed by atoms with Crippen molar-refractivity contribution in [2.75, 3.05) is 23.7 Å². The normalized spacial score (nSPS) is 16.5. The molecule has 0 radical (unpaired) electrons. The van der Waals surface area contributed by atoms with Crippen LogP contribution in [0.5, 0.6) is 0 Å². The lowest BCUT2D eigenvalue weighted by molar-refractivity contribution is 0.562. The fourth-order valence-electron chi connectivity index (χ4n) is 2.12. The Labute approximate surface area is 102 Å². The average molecular weight is 235 g/mol. The highest BCUT2D eigenvalue weighted by atomic mass is 15.3. The number of nitrogens with zero attached hydrogens (tertiary/aromatic N) is 4. The monoisotopic (exact) mass is 235 g/mol. The van der Waals surface area contributed by atoms with Gasteiger partial charge in [-0.15, -0.1) is 0 Å². The van der Waals surface area contributed by atoms with E-state index in [0.29, 0.717) is 11.9 Å². The third kappa shape index (κ3) is 3.28. The summed E-state index contributed by atoms with van der Waals surface area (Å²) in [7, 11) is 0. The van der Waals surface area contributed by atoms with Crippen molar-refractivity contribution in [2.45, 2.75) is 39.5 Å². The molecule has 1 fully saturated rings. The largest absolute Gasteiger partial charge is 0.368 e. The standard InChI is InChI=1S/C12H21N5/c1-9(2)8-10-14-11(13)16-12(15-10)17-6-4-3-5-7-17/h9H,3-8H2,1-2H3,(H2,13,14,15,16). The molecule has 17 heavy (non-hydrogen) atoms. The fourth-order valence-corrected chi connectivity index (χ4v) is 2.12. The van der Waals surface area contributed by atoms with Crippen LogP contribution in [0.3, 0.4) is 0 Å². The van der Waals surface area contributed by atoms with Crippen molar-refractivity contribution in [1.82, 2.24) is 15.0 Å². The van der Waals surface area contributed by atoms with Crippen molar-refractivity contribution in [1.29, 1.82) is 0 Å². The van der Waals surface area contributed by atoms with E-state index in [1.54, 1.807) is 0 Å². The van der Waals surface area contributed by atoms with E-state index in [2.05, 4.69) is 33.7 Å². The van der Waals surface area contributed by atoms with E-state index >= 15 is 0 Å². The van der Waals surface area contributed by atoms with Crippen molar-refractivity contribution >= 4 is 11.9 Å². The highest BCUT2D eigenvalue weighted by molar-refractivity contribution is 5.35. The first-order chi connectivity index (χ1) is 8.15. The van der Waals surface area contributed by atoms with E-state index in [9.17, 15) is 0 Å². The summed E-state index contributed by atoms with van der Waals surface area (Å²) in [6.07, 6.45) is 4.58. The summed E-state index contributed by atoms with van der Waals surface area (Å²) < 4.78 is 0. The molecule has 0 unspecified atom stereocenters. The van der Waals surface area contributed by atoms with Gasteiger partial charge in [0, 0.05) is 19.5 Å². The molecule has 2 heterocycles. The van der Waals surface area contributed by atoms with Crippen LogP contribution in [0.25, 0.3) is 0 Å². The number of nitrogen functional groups attached to an aromatic ring is 1. The van der Waals surface area contributed by atoms with E-state index < -0.39 is 0 Å². The molecule has 1 saturated heterocycles. The molecular formula is C12H21N5. The Kier molecular flexibility index (Phi) is 3.76. The van der Waals surface area contributed by atoms with E-state index in [0.717, 1.165) is 31.3 Å². The maximum absolute atomic E-state index is 5.75. The number of nitrogens with two attached hydrogens (primary N) is 1. The van der Waals surface area contributed by atoms with Crippen molar-refractivity contribution < 1.29 is 0 Å². The van der Waals surface area contributed by atoms with Gasteiger partial charge in [-0.25, -0.2) is 0 Å². The van der Waals surface area contributed by atoms with Crippen molar-refractivity contribution in [3.63, 3.8) is 0 Å². The van der Waals surface area contributed by atoms with Crippen LogP contribution in [0, 0.1) is 5.92 Å². The van der Waals surface area contributed by atoms with Gasteiger partial charge in [-0.3, -0.25) is 0 Å². The molecular weight excluding hydrogens is 214 g/mol. The average Bonchev–Trinajstić information content (AvgIpc) is 2.28. The van der Waals surface area contributed by atoms with Crippen LogP contribution in [0.1, 0.15) is 38.9 Å². The van der Waals surface area contributed by atoms with Crippen LogP contribution >= 0.6 is 0 Å². The molecule has 0 amide bonds. The predicted octanol–water partition coefficient (Wildman–Crippen LogP) is 1.64. The molecule has 1 aliphatic rings. The van der Waals surface area contributed by atoms with Crippen LogP contribution in [0.15, 0.2) is 0 Å². The zero-order valence-electron chi connectivity index (χ0n) is 10.7. The van der Waals surface area contributed by atoms with Crippen LogP contribution in [0.2, 0.25) is 0 Å². The molecule has 5 nitrogen and oxygen atoms in total. The van der Waals surface area contributed by atoms with E-state index in [-0.39, 0.29) is 0 Å². The van der Waals surface area contributed by atoms with Gasteiger partial charge in [0.2, 0.25) is 11.9 Å². The minimum atomic E-state index is 0.344. The number of hydrogen-bond acceptors (Lipinski definition) is 5. The zero-order chi connectivity index (χ0) is 12.3. The smallest absolute Gasteiger partial charge is 0.230 e. The molecule has 0 aliphatic carbocycles. The molecule has 2 N–H and O–H groups in total. The van der Waals surface area contributed by atoms with Gasteiger partial charge >= 0.3 is 0 Å². The van der Waals surface area contributed by atoms with Crippen molar-refractivity contribution in [3.05, 3.63) is 5.82 Å². The van der Waals surface area contributed by atoms with Gasteiger partial charge < -0.3 is 10.6 Å². The Morgan fingerprint density at radius 3 is 2.47 bits per heavy atom. The minimum Gasteiger partial charge on any atom is -0.368 e. The summed E-state index contributed by atoms with van der Waals surface area (Å²) in [5.41, 5.74) is 5.75. The Balaban J connectivity index is 2.18. The summed E-state index contributed by atoms with van der Waals surface area (Å²) >= 11 is 0. The number of hydrogen-bond donors (Lipinski definition) is 1. The number of aromatic nitrogens is 3. The topological polar surface area (TPSA) is 67.9 Å². The van der Waals surface area contributed by atoms with Gasteiger partial charge in [0.25, 0.3) is 0 Å². The number of rotatable bonds is 3. The fraction of sp³-hybridized carbons (Fsp3) is 0.750. The molecule has 1 aromatic heterocycles. The van der Waals surface area contributed by atoms with Gasteiger partial charge in [-0.2, -0.15) is 15.0 Å². The van der Waals surface area contributed by atoms with E-state index in [1.807, 2.05) is 0 Å². The highest BCUT2D eigenvalue weighted by Gasteiger charge is 2.15. The van der Waals surface area contributed by atoms with E-state index in [4.69, 9.17) is 5.73 Å². The first kappa shape index (κ1) is 12.1. The van der Waals surface area contributed by atoms with Crippen molar-refractivity contribution in [3.8, 4) is 0 Å². The Morgan fingerprint density at radius 2 is 1.82 bits per heavy atom. The molecule has 0 aromatic carbocycles. The predicted molar refractivity (Wildman–Crippen MR) is 68.8 cm³/mol. The molecule has 5 heteroatoms. The quantitative estimate of drug-likeness (QED) is 0.862. The summed E-state index contributed by atoms with van der Waals surface area (Å²) in [6, 6.07) is 0. The van der Waals surface area contributed by atoms with Gasteiger partial charge in [0.1, 0.15) is 5.82 Å². The second kappa shape index (κ2) is 5.29. The van der Waals surface area contributed by atoms with Crippen LogP contribution in [0.4, 0.5) is 11.9 Å². The Bertz CT molecular complexity index is 371. The lowest BCUT2D eigenvalue weighted by atomic mass is 10.1. The van der Waals surface area contributed by atoms with Gasteiger partial charge in [-0.1, -0.05) is 13.8 Å². The van der Waals surface area contributed by atoms with Crippen LogP contribution < -0.4 is 10.6 Å². The molecule has 0 spiro atoms. The lowest BCUT2D eigenvalue weighted by Crippen LogP contribution is -2.31. The first-order valence-electron chi connectivity index (χ1n) is 6.40. The lowest BCUT2D eigenvalue weighted by Gasteiger charge is -2.26. The second-order valence-corrected chi connectivity index (χ2v) is 5.06. The maximum atomic E-state index is 5.75. The zero-order valence-corrected chi connectivity index (χ0v) is 10.7. The van der Waals surface area contributed by atoms with Crippen LogP contribution in [-0.4, -0.2) is 28.0 Å². The molecule has 94 valence electrons. The first-order valence-corrected chi connectivity index (χ1v) is 6.40. The Hall–Kier alpha value is -1.39. The third-order valence-electron chi connectivity index (χ3n) is 2.92. The molecule has 2 rings (SSSR count). The molecule has 0 atom stereocenters. The maximum Gasteiger partial charge on any atom is 0.230 e. The van der Waals surface area contributed by atoms with Crippen LogP contribution in [-0.2, 0) is 6.42 Å². The molecule has 0 bridgehead atoms. The summed E-state index contributed by atoms with van der Waals surface area (Å²) in [6.45, 7) is 6.37. The van der Waals surface area contributed by atoms with Gasteiger partial charge in [0.15, 0.2) is 0 Å². The summed E-state index contributed by atoms with van der Waals surface area (Å²) in [5.74, 6) is 2.45. The third-order valence-corrected chi connectivity index (χ3v) is 2.92. The minimum absolute atomic E-state index is 0.344. The number of piperidine rings is 1. The second-order valence-electron chi connectivity index (χ2n) is 5.06. The van der Waals surface area contributed by atoms with Gasteiger partial charge in [0.05, 0.1) is 0 Å². The number of anilines is 2. The molecule has 1 aliphatic heterocycles. The van der Waals surface area contributed by atoms with Gasteiger partial charge in [-0.05, 0) is 25.2 Å².